The number of phenols is 1. The van der Waals surface area contributed by atoms with Gasteiger partial charge in [-0.15, -0.1) is 5.10 Å². The molecule has 5 aliphatic carbocycles. The first-order valence-corrected chi connectivity index (χ1v) is 38.6. The Hall–Kier alpha value is -6.95. The summed E-state index contributed by atoms with van der Waals surface area (Å²) in [5.41, 5.74) is 4.31. The molecule has 28 heteroatoms. The average Bonchev–Trinajstić information content (AvgIpc) is 0.810. The van der Waals surface area contributed by atoms with Crippen molar-refractivity contribution in [2.45, 2.75) is 225 Å². The predicted octanol–water partition coefficient (Wildman–Crippen LogP) is 6.45. The summed E-state index contributed by atoms with van der Waals surface area (Å²) in [7, 11) is -4.13. The monoisotopic (exact) mass is 1440 g/mol. The molecule has 566 valence electrons. The molecule has 10 atom stereocenters. The highest BCUT2D eigenvalue weighted by Crippen LogP contribution is 2.60. The van der Waals surface area contributed by atoms with Crippen molar-refractivity contribution in [1.82, 2.24) is 46.9 Å². The van der Waals surface area contributed by atoms with Crippen LogP contribution >= 0.6 is 0 Å². The fraction of sp³-hybridized carbons (Fsp3) is 0.703. The number of aromatic hydroxyl groups is 1. The molecule has 0 aliphatic heterocycles. The molecule has 102 heavy (non-hydrogen) atoms. The van der Waals surface area contributed by atoms with Crippen molar-refractivity contribution in [2.75, 3.05) is 83.6 Å². The van der Waals surface area contributed by atoms with Crippen molar-refractivity contribution >= 4 is 63.1 Å². The summed E-state index contributed by atoms with van der Waals surface area (Å²) in [6, 6.07) is 8.42. The van der Waals surface area contributed by atoms with Crippen molar-refractivity contribution in [3.8, 4) is 5.75 Å². The zero-order valence-electron chi connectivity index (χ0n) is 61.1. The van der Waals surface area contributed by atoms with E-state index in [1.807, 2.05) is 48.9 Å². The maximum atomic E-state index is 14.8. The maximum absolute atomic E-state index is 14.8. The third-order valence-electron chi connectivity index (χ3n) is 22.1. The lowest BCUT2D eigenvalue weighted by Crippen LogP contribution is -2.60. The van der Waals surface area contributed by atoms with Crippen LogP contribution in [0.5, 0.6) is 5.75 Å². The number of carbonyl (C=O) groups is 8. The second-order valence-corrected chi connectivity index (χ2v) is 31.3. The van der Waals surface area contributed by atoms with Crippen LogP contribution in [0.3, 0.4) is 0 Å². The van der Waals surface area contributed by atoms with Gasteiger partial charge in [-0.1, -0.05) is 91.5 Å². The predicted molar refractivity (Wildman–Crippen MR) is 380 cm³/mol. The fourth-order valence-electron chi connectivity index (χ4n) is 16.4. The summed E-state index contributed by atoms with van der Waals surface area (Å²) in [5.74, 6) is -3.94. The van der Waals surface area contributed by atoms with Crippen molar-refractivity contribution in [3.63, 3.8) is 0 Å². The van der Waals surface area contributed by atoms with E-state index in [1.165, 1.54) is 5.56 Å². The van der Waals surface area contributed by atoms with Crippen molar-refractivity contribution in [1.29, 1.82) is 0 Å². The fourth-order valence-corrected chi connectivity index (χ4v) is 16.8. The average molecular weight is 1450 g/mol. The topological polar surface area (TPSA) is 372 Å². The van der Waals surface area contributed by atoms with Crippen LogP contribution in [0.2, 0.25) is 0 Å². The first-order valence-electron chi connectivity index (χ1n) is 37.0. The van der Waals surface area contributed by atoms with Crippen LogP contribution in [0.15, 0.2) is 36.4 Å². The quantitative estimate of drug-likeness (QED) is 0.0170. The number of rotatable bonds is 37. The lowest BCUT2D eigenvalue weighted by atomic mass is 9.49. The molecule has 27 nitrogen and oxygen atoms in total. The van der Waals surface area contributed by atoms with Gasteiger partial charge >= 0.3 is 0 Å². The molecule has 0 bridgehead atoms. The van der Waals surface area contributed by atoms with E-state index in [1.54, 1.807) is 33.8 Å². The number of hydrogen-bond acceptors (Lipinski definition) is 18. The molecule has 5 aliphatic rings. The summed E-state index contributed by atoms with van der Waals surface area (Å²) < 4.78 is 60.4. The maximum Gasteiger partial charge on any atom is 0.266 e. The third-order valence-corrected chi connectivity index (χ3v) is 22.9. The van der Waals surface area contributed by atoms with E-state index in [2.05, 4.69) is 61.4 Å². The van der Waals surface area contributed by atoms with Gasteiger partial charge in [0.25, 0.3) is 10.1 Å². The molecule has 2 aromatic carbocycles. The van der Waals surface area contributed by atoms with Crippen LogP contribution in [-0.4, -0.2) is 177 Å². The smallest absolute Gasteiger partial charge is 0.266 e. The highest BCUT2D eigenvalue weighted by molar-refractivity contribution is 7.85. The van der Waals surface area contributed by atoms with Gasteiger partial charge in [-0.05, 0) is 172 Å². The minimum Gasteiger partial charge on any atom is -0.508 e. The Kier molecular flexibility index (Phi) is 29.4. The highest BCUT2D eigenvalue weighted by atomic mass is 32.2. The molecule has 2 saturated carbocycles. The standard InChI is InChI=1S/C74H112N10O17S/c1-9-61(86)79-56(17-13-14-33-75-63(88)47-101-58-19-12-10-11-18-57-65(58)82-83-84(57)35-37-98-39-41-100-43-42-99-40-38-97-36-28-62(87)76-34-44-102(94,95)96)67(90)80-64(48(2)3)68(91)77-49(4)66(89)78-52-24-20-50-22-26-59-71(5,54(50)45-52)29-15-31-73(59,7)69(92)81-70(93)74(8)32-16-30-72(6)55-46-53(85)25-21-51(55)23-27-60(72)74/h20-21,24-25,45-46,48-49,56,58-60,64,85H,9-19,22-23,26-44,47H2,1-8H3,(H,75,88)(H,76,87)(H,77,91)(H,78,89)(H,79,86)(H,80,90)(H,81,92,93)(H,94,95,96)/t49-,56+,58?,59+,60+,64-,71+,72+,73-,74-/m0/s1. The molecule has 1 unspecified atom stereocenters. The first-order chi connectivity index (χ1) is 48.6. The van der Waals surface area contributed by atoms with Crippen molar-refractivity contribution in [3.05, 3.63) is 70.0 Å². The van der Waals surface area contributed by atoms with Crippen LogP contribution in [0, 0.1) is 28.6 Å². The van der Waals surface area contributed by atoms with Crippen LogP contribution < -0.4 is 37.2 Å². The number of aromatic nitrogens is 3. The van der Waals surface area contributed by atoms with Gasteiger partial charge < -0.3 is 60.7 Å². The lowest BCUT2D eigenvalue weighted by Gasteiger charge is -2.56. The molecule has 8 rings (SSSR count). The van der Waals surface area contributed by atoms with E-state index < -0.39 is 80.0 Å². The van der Waals surface area contributed by atoms with Crippen LogP contribution in [0.4, 0.5) is 5.69 Å². The largest absolute Gasteiger partial charge is 0.508 e. The van der Waals surface area contributed by atoms with E-state index in [0.29, 0.717) is 89.7 Å². The van der Waals surface area contributed by atoms with E-state index in [9.17, 15) is 51.9 Å². The number of fused-ring (bicyclic) bond motifs is 7. The molecule has 1 aromatic heterocycles. The molecule has 0 spiro atoms. The molecule has 0 radical (unpaired) electrons. The number of imide groups is 1. The Morgan fingerprint density at radius 3 is 1.85 bits per heavy atom. The Balaban J connectivity index is 0.741. The van der Waals surface area contributed by atoms with E-state index in [-0.39, 0.29) is 105 Å². The van der Waals surface area contributed by atoms with Gasteiger partial charge in [0.2, 0.25) is 47.3 Å². The first kappa shape index (κ1) is 80.7. The number of phenolic OH excluding ortho intramolecular Hbond substituents is 1. The van der Waals surface area contributed by atoms with Gasteiger partial charge in [-0.3, -0.25) is 48.2 Å². The molecule has 1 heterocycles. The molecule has 8 amide bonds. The Morgan fingerprint density at radius 2 is 1.24 bits per heavy atom. The van der Waals surface area contributed by atoms with Gasteiger partial charge in [-0.2, -0.15) is 8.42 Å². The summed E-state index contributed by atoms with van der Waals surface area (Å²) >= 11 is 0. The Labute approximate surface area is 600 Å². The number of nitrogens with one attached hydrogen (secondary N) is 7. The molecule has 2 fully saturated rings. The number of nitrogens with zero attached hydrogens (tertiary/aromatic N) is 3. The van der Waals surface area contributed by atoms with Crippen molar-refractivity contribution in [2.24, 2.45) is 28.6 Å². The van der Waals surface area contributed by atoms with E-state index >= 15 is 0 Å². The molecular formula is C74H112N10O17S. The van der Waals surface area contributed by atoms with Crippen molar-refractivity contribution < 1.29 is 80.1 Å². The summed E-state index contributed by atoms with van der Waals surface area (Å²) in [6.07, 6.45) is 12.9. The minimum absolute atomic E-state index is 0.00305. The van der Waals surface area contributed by atoms with Crippen LogP contribution in [0.25, 0.3) is 0 Å². The number of carbonyl (C=O) groups excluding carboxylic acids is 8. The number of anilines is 1. The minimum atomic E-state index is -4.13. The summed E-state index contributed by atoms with van der Waals surface area (Å²) in [6.45, 7) is 18.1. The number of amides is 8. The molecule has 3 aromatic rings. The Bertz CT molecular complexity index is 3520. The SMILES string of the molecule is CCC(=O)N[C@H](CCCCNC(=O)COC1CCCCCc2c1nnn2CCOCCOCCOCCOCCC(=O)NCCS(=O)(=O)O)C(=O)N[C@H](C(=O)N[C@@H](C)C(=O)Nc1ccc2c(c1)[C@@]1(C)CCC[C@](C)(C(=O)NC(=O)[C@@]3(C)CCC[C@]4(C)c5cc(O)ccc5CC[C@@H]34)[C@@H]1CC2)C(C)C. The molecular weight excluding hydrogens is 1330 g/mol. The normalized spacial score (nSPS) is 23.9. The number of unbranched alkanes of at least 4 members (excludes halogenated alkanes) is 1. The van der Waals surface area contributed by atoms with Gasteiger partial charge in [0, 0.05) is 31.6 Å². The van der Waals surface area contributed by atoms with Crippen LogP contribution in [0.1, 0.15) is 204 Å². The van der Waals surface area contributed by atoms with Gasteiger partial charge in [0.15, 0.2) is 0 Å². The highest BCUT2D eigenvalue weighted by Gasteiger charge is 2.59. The number of aryl methyl sites for hydroxylation is 2. The van der Waals surface area contributed by atoms with E-state index in [4.69, 9.17) is 28.2 Å². The molecule has 9 N–H and O–H groups in total. The second-order valence-electron chi connectivity index (χ2n) is 29.7. The van der Waals surface area contributed by atoms with Crippen LogP contribution in [-0.2, 0) is 109 Å². The number of ether oxygens (including phenoxy) is 5. The van der Waals surface area contributed by atoms with E-state index in [0.717, 1.165) is 99.4 Å². The zero-order valence-corrected chi connectivity index (χ0v) is 61.9. The summed E-state index contributed by atoms with van der Waals surface area (Å²) in [5, 5.41) is 39.2. The van der Waals surface area contributed by atoms with Gasteiger partial charge in [0.05, 0.1) is 81.7 Å². The molecule has 0 saturated heterocycles. The number of benzene rings is 2. The summed E-state index contributed by atoms with van der Waals surface area (Å²) in [4.78, 5) is 109. The second kappa shape index (κ2) is 37.2. The zero-order chi connectivity index (χ0) is 73.8. The number of hydrogen-bond donors (Lipinski definition) is 9. The van der Waals surface area contributed by atoms with Gasteiger partial charge in [0.1, 0.15) is 42.3 Å². The van der Waals surface area contributed by atoms with Gasteiger partial charge in [-0.25, -0.2) is 4.68 Å². The lowest BCUT2D eigenvalue weighted by molar-refractivity contribution is -0.150. The Morgan fingerprint density at radius 1 is 0.637 bits per heavy atom. The third kappa shape index (κ3) is 21.2.